The van der Waals surface area contributed by atoms with Gasteiger partial charge in [-0.1, -0.05) is 0 Å². The van der Waals surface area contributed by atoms with Crippen molar-refractivity contribution in [1.29, 1.82) is 0 Å². The molecule has 0 fully saturated rings. The van der Waals surface area contributed by atoms with Crippen LogP contribution in [-0.4, -0.2) is 26.1 Å². The molecule has 0 saturated carbocycles. The maximum atomic E-state index is 5.41. The Morgan fingerprint density at radius 2 is 2.33 bits per heavy atom. The van der Waals surface area contributed by atoms with Gasteiger partial charge in [-0.15, -0.1) is 10.2 Å². The van der Waals surface area contributed by atoms with Gasteiger partial charge in [0.15, 0.2) is 5.65 Å². The van der Waals surface area contributed by atoms with Gasteiger partial charge in [-0.05, 0) is 6.54 Å². The number of rotatable bonds is 2. The molecule has 0 unspecified atom stereocenters. The quantitative estimate of drug-likeness (QED) is 0.655. The molecule has 0 amide bonds. The molecule has 0 atom stereocenters. The van der Waals surface area contributed by atoms with Crippen LogP contribution in [0.4, 0.5) is 0 Å². The van der Waals surface area contributed by atoms with Crippen molar-refractivity contribution in [3.05, 3.63) is 24.4 Å². The highest BCUT2D eigenvalue weighted by Crippen LogP contribution is 2.00. The fraction of sp³-hybridized carbons (Fsp3) is 0.286. The number of nitrogens with two attached hydrogens (primary N) is 1. The monoisotopic (exact) mass is 163 g/mol. The zero-order chi connectivity index (χ0) is 8.39. The smallest absolute Gasteiger partial charge is 0.179 e. The summed E-state index contributed by atoms with van der Waals surface area (Å²) in [5, 5.41) is 7.91. The van der Waals surface area contributed by atoms with Crippen LogP contribution in [0.3, 0.4) is 0 Å². The summed E-state index contributed by atoms with van der Waals surface area (Å²) in [4.78, 5) is 3.93. The summed E-state index contributed by atoms with van der Waals surface area (Å²) in [6.07, 6.45) is 5.95. The minimum atomic E-state index is 0.586. The van der Waals surface area contributed by atoms with Gasteiger partial charge in [0.05, 0.1) is 6.20 Å². The van der Waals surface area contributed by atoms with E-state index in [1.807, 2.05) is 10.6 Å². The second-order valence-corrected chi connectivity index (χ2v) is 2.46. The predicted molar refractivity (Wildman–Crippen MR) is 43.5 cm³/mol. The molecule has 0 aromatic carbocycles. The van der Waals surface area contributed by atoms with E-state index >= 15 is 0 Å². The van der Waals surface area contributed by atoms with Crippen molar-refractivity contribution in [2.45, 2.75) is 6.42 Å². The lowest BCUT2D eigenvalue weighted by molar-refractivity contribution is 0.846. The van der Waals surface area contributed by atoms with E-state index in [4.69, 9.17) is 5.73 Å². The van der Waals surface area contributed by atoms with E-state index in [0.29, 0.717) is 6.54 Å². The van der Waals surface area contributed by atoms with E-state index < -0.39 is 0 Å². The first-order valence-corrected chi connectivity index (χ1v) is 3.75. The lowest BCUT2D eigenvalue weighted by atomic mass is 10.4. The Labute approximate surface area is 69.2 Å². The van der Waals surface area contributed by atoms with Gasteiger partial charge in [0.1, 0.15) is 5.82 Å². The second kappa shape index (κ2) is 2.86. The maximum absolute atomic E-state index is 5.41. The molecule has 0 radical (unpaired) electrons. The first-order valence-electron chi connectivity index (χ1n) is 3.75. The number of hydrogen-bond acceptors (Lipinski definition) is 4. The summed E-state index contributed by atoms with van der Waals surface area (Å²) in [6, 6.07) is 0. The molecule has 2 rings (SSSR count). The van der Waals surface area contributed by atoms with Crippen LogP contribution in [0.15, 0.2) is 18.6 Å². The van der Waals surface area contributed by atoms with E-state index in [0.717, 1.165) is 17.9 Å². The van der Waals surface area contributed by atoms with Crippen LogP contribution in [0.1, 0.15) is 5.82 Å². The van der Waals surface area contributed by atoms with Crippen LogP contribution in [0.25, 0.3) is 5.65 Å². The van der Waals surface area contributed by atoms with Crippen molar-refractivity contribution >= 4 is 5.65 Å². The Bertz CT molecular complexity index is 380. The van der Waals surface area contributed by atoms with Gasteiger partial charge in [-0.2, -0.15) is 0 Å². The number of aromatic nitrogens is 4. The van der Waals surface area contributed by atoms with E-state index in [2.05, 4.69) is 15.2 Å². The van der Waals surface area contributed by atoms with Gasteiger partial charge in [0.2, 0.25) is 0 Å². The first-order chi connectivity index (χ1) is 5.92. The predicted octanol–water partition coefficient (Wildman–Crippen LogP) is -0.375. The fourth-order valence-corrected chi connectivity index (χ4v) is 1.10. The van der Waals surface area contributed by atoms with Gasteiger partial charge in [0, 0.05) is 18.8 Å². The van der Waals surface area contributed by atoms with Gasteiger partial charge < -0.3 is 5.73 Å². The zero-order valence-corrected chi connectivity index (χ0v) is 6.51. The van der Waals surface area contributed by atoms with Crippen molar-refractivity contribution in [3.8, 4) is 0 Å². The van der Waals surface area contributed by atoms with Crippen LogP contribution >= 0.6 is 0 Å². The largest absolute Gasteiger partial charge is 0.330 e. The third kappa shape index (κ3) is 1.04. The highest BCUT2D eigenvalue weighted by molar-refractivity contribution is 5.33. The minimum Gasteiger partial charge on any atom is -0.330 e. The molecular formula is C7H9N5. The minimum absolute atomic E-state index is 0.586. The molecule has 2 heterocycles. The summed E-state index contributed by atoms with van der Waals surface area (Å²) in [5.41, 5.74) is 6.18. The Kier molecular flexibility index (Phi) is 1.71. The summed E-state index contributed by atoms with van der Waals surface area (Å²) >= 11 is 0. The number of nitrogens with zero attached hydrogens (tertiary/aromatic N) is 4. The molecular weight excluding hydrogens is 154 g/mol. The van der Waals surface area contributed by atoms with Gasteiger partial charge in [-0.3, -0.25) is 9.38 Å². The molecule has 2 aromatic rings. The maximum Gasteiger partial charge on any atom is 0.179 e. The lowest BCUT2D eigenvalue weighted by Gasteiger charge is -1.94. The SMILES string of the molecule is NCCc1nnc2cnccn12. The highest BCUT2D eigenvalue weighted by Gasteiger charge is 2.01. The molecule has 5 heteroatoms. The molecule has 62 valence electrons. The highest BCUT2D eigenvalue weighted by atomic mass is 15.2. The summed E-state index contributed by atoms with van der Waals surface area (Å²) in [7, 11) is 0. The van der Waals surface area contributed by atoms with Crippen molar-refractivity contribution in [2.24, 2.45) is 5.73 Å². The van der Waals surface area contributed by atoms with E-state index in [9.17, 15) is 0 Å². The van der Waals surface area contributed by atoms with Gasteiger partial charge in [-0.25, -0.2) is 0 Å². The molecule has 0 aliphatic rings. The van der Waals surface area contributed by atoms with E-state index in [1.165, 1.54) is 0 Å². The topological polar surface area (TPSA) is 69.1 Å². The lowest BCUT2D eigenvalue weighted by Crippen LogP contribution is -2.06. The molecule has 0 spiro atoms. The van der Waals surface area contributed by atoms with Crippen LogP contribution in [0.5, 0.6) is 0 Å². The molecule has 12 heavy (non-hydrogen) atoms. The first kappa shape index (κ1) is 7.17. The summed E-state index contributed by atoms with van der Waals surface area (Å²) in [5.74, 6) is 0.884. The van der Waals surface area contributed by atoms with Crippen molar-refractivity contribution in [1.82, 2.24) is 19.6 Å². The van der Waals surface area contributed by atoms with Crippen molar-refractivity contribution in [3.63, 3.8) is 0 Å². The molecule has 0 aliphatic heterocycles. The van der Waals surface area contributed by atoms with Crippen LogP contribution in [-0.2, 0) is 6.42 Å². The molecule has 0 aliphatic carbocycles. The fourth-order valence-electron chi connectivity index (χ4n) is 1.10. The van der Waals surface area contributed by atoms with Crippen molar-refractivity contribution < 1.29 is 0 Å². The van der Waals surface area contributed by atoms with Crippen LogP contribution in [0, 0.1) is 0 Å². The average molecular weight is 163 g/mol. The Hall–Kier alpha value is -1.49. The van der Waals surface area contributed by atoms with Crippen LogP contribution < -0.4 is 5.73 Å². The van der Waals surface area contributed by atoms with Crippen molar-refractivity contribution in [2.75, 3.05) is 6.54 Å². The van der Waals surface area contributed by atoms with E-state index in [1.54, 1.807) is 12.4 Å². The summed E-state index contributed by atoms with van der Waals surface area (Å²) < 4.78 is 1.89. The van der Waals surface area contributed by atoms with Gasteiger partial charge in [0.25, 0.3) is 0 Å². The molecule has 2 aromatic heterocycles. The van der Waals surface area contributed by atoms with Gasteiger partial charge >= 0.3 is 0 Å². The molecule has 0 bridgehead atoms. The normalized spacial score (nSPS) is 10.8. The Morgan fingerprint density at radius 1 is 1.42 bits per heavy atom. The zero-order valence-electron chi connectivity index (χ0n) is 6.51. The third-order valence-electron chi connectivity index (χ3n) is 1.65. The standard InChI is InChI=1S/C7H9N5/c8-2-1-6-10-11-7-5-9-3-4-12(6)7/h3-5H,1-2,8H2. The average Bonchev–Trinajstić information content (AvgIpc) is 2.50. The molecule has 2 N–H and O–H groups in total. The Morgan fingerprint density at radius 3 is 3.17 bits per heavy atom. The van der Waals surface area contributed by atoms with Crippen LogP contribution in [0.2, 0.25) is 0 Å². The second-order valence-electron chi connectivity index (χ2n) is 2.46. The third-order valence-corrected chi connectivity index (χ3v) is 1.65. The molecule has 0 saturated heterocycles. The molecule has 5 nitrogen and oxygen atoms in total. The Balaban J connectivity index is 2.55. The summed E-state index contributed by atoms with van der Waals surface area (Å²) in [6.45, 7) is 0.586. The number of fused-ring (bicyclic) bond motifs is 1. The number of hydrogen-bond donors (Lipinski definition) is 1. The van der Waals surface area contributed by atoms with E-state index in [-0.39, 0.29) is 0 Å².